The molecule has 0 radical (unpaired) electrons. The predicted octanol–water partition coefficient (Wildman–Crippen LogP) is 3.61. The van der Waals surface area contributed by atoms with E-state index in [9.17, 15) is 0 Å². The maximum atomic E-state index is 5.40. The van der Waals surface area contributed by atoms with E-state index >= 15 is 0 Å². The molecule has 0 bridgehead atoms. The molecule has 1 aliphatic rings. The topological polar surface area (TPSA) is 9.23 Å². The molecule has 0 heterocycles. The highest BCUT2D eigenvalue weighted by atomic mass is 79.9. The van der Waals surface area contributed by atoms with Crippen molar-refractivity contribution in [3.63, 3.8) is 0 Å². The molecule has 1 saturated carbocycles. The Bertz CT molecular complexity index is 138. The SMILES string of the molecule is CCOCCC1CC(C)CCC1Br. The highest BCUT2D eigenvalue weighted by Gasteiger charge is 2.26. The van der Waals surface area contributed by atoms with Gasteiger partial charge in [0.15, 0.2) is 0 Å². The van der Waals surface area contributed by atoms with E-state index in [1.165, 1.54) is 25.7 Å². The third kappa shape index (κ3) is 3.99. The average Bonchev–Trinajstić information content (AvgIpc) is 2.11. The van der Waals surface area contributed by atoms with Gasteiger partial charge in [0.1, 0.15) is 0 Å². The molecule has 3 atom stereocenters. The molecule has 0 aromatic heterocycles. The van der Waals surface area contributed by atoms with Crippen molar-refractivity contribution in [1.82, 2.24) is 0 Å². The van der Waals surface area contributed by atoms with E-state index in [1.807, 2.05) is 0 Å². The van der Waals surface area contributed by atoms with Gasteiger partial charge in [-0.25, -0.2) is 0 Å². The first kappa shape index (κ1) is 11.5. The van der Waals surface area contributed by atoms with Crippen molar-refractivity contribution in [1.29, 1.82) is 0 Å². The van der Waals surface area contributed by atoms with Gasteiger partial charge in [-0.3, -0.25) is 0 Å². The number of hydrogen-bond donors (Lipinski definition) is 0. The predicted molar refractivity (Wildman–Crippen MR) is 60.3 cm³/mol. The van der Waals surface area contributed by atoms with Crippen LogP contribution in [0.15, 0.2) is 0 Å². The summed E-state index contributed by atoms with van der Waals surface area (Å²) < 4.78 is 5.40. The van der Waals surface area contributed by atoms with Crippen LogP contribution in [0.3, 0.4) is 0 Å². The van der Waals surface area contributed by atoms with Crippen molar-refractivity contribution in [2.24, 2.45) is 11.8 Å². The van der Waals surface area contributed by atoms with Crippen LogP contribution in [-0.4, -0.2) is 18.0 Å². The summed E-state index contributed by atoms with van der Waals surface area (Å²) in [5.41, 5.74) is 0. The normalized spacial score (nSPS) is 34.8. The summed E-state index contributed by atoms with van der Waals surface area (Å²) in [4.78, 5) is 0.740. The summed E-state index contributed by atoms with van der Waals surface area (Å²) in [6, 6.07) is 0. The molecule has 0 amide bonds. The van der Waals surface area contributed by atoms with E-state index in [2.05, 4.69) is 29.8 Å². The summed E-state index contributed by atoms with van der Waals surface area (Å²) >= 11 is 3.78. The summed E-state index contributed by atoms with van der Waals surface area (Å²) in [5.74, 6) is 1.76. The van der Waals surface area contributed by atoms with Gasteiger partial charge in [0.05, 0.1) is 0 Å². The Balaban J connectivity index is 2.21. The molecule has 3 unspecified atom stereocenters. The van der Waals surface area contributed by atoms with Gasteiger partial charge in [-0.15, -0.1) is 0 Å². The smallest absolute Gasteiger partial charge is 0.0468 e. The van der Waals surface area contributed by atoms with Crippen molar-refractivity contribution >= 4 is 15.9 Å². The van der Waals surface area contributed by atoms with Crippen molar-refractivity contribution in [3.05, 3.63) is 0 Å². The van der Waals surface area contributed by atoms with Crippen LogP contribution in [0.5, 0.6) is 0 Å². The Labute approximate surface area is 90.4 Å². The van der Waals surface area contributed by atoms with Gasteiger partial charge in [-0.2, -0.15) is 0 Å². The Morgan fingerprint density at radius 1 is 1.38 bits per heavy atom. The minimum Gasteiger partial charge on any atom is -0.382 e. The van der Waals surface area contributed by atoms with Crippen LogP contribution in [0.4, 0.5) is 0 Å². The van der Waals surface area contributed by atoms with Crippen molar-refractivity contribution in [2.75, 3.05) is 13.2 Å². The van der Waals surface area contributed by atoms with Gasteiger partial charge in [-0.05, 0) is 44.4 Å². The van der Waals surface area contributed by atoms with Crippen LogP contribution in [0.1, 0.15) is 39.5 Å². The van der Waals surface area contributed by atoms with Crippen molar-refractivity contribution < 1.29 is 4.74 Å². The maximum Gasteiger partial charge on any atom is 0.0468 e. The summed E-state index contributed by atoms with van der Waals surface area (Å²) in [5, 5.41) is 0. The molecular weight excluding hydrogens is 228 g/mol. The standard InChI is InChI=1S/C11H21BrO/c1-3-13-7-6-10-8-9(2)4-5-11(10)12/h9-11H,3-8H2,1-2H3. The van der Waals surface area contributed by atoms with Crippen LogP contribution in [-0.2, 0) is 4.74 Å². The van der Waals surface area contributed by atoms with Gasteiger partial charge in [-0.1, -0.05) is 22.9 Å². The van der Waals surface area contributed by atoms with E-state index in [0.717, 1.165) is 29.9 Å². The zero-order chi connectivity index (χ0) is 9.68. The number of ether oxygens (including phenoxy) is 1. The third-order valence-corrected chi connectivity index (χ3v) is 4.19. The minimum absolute atomic E-state index is 0.740. The Kier molecular flexibility index (Phi) is 5.34. The van der Waals surface area contributed by atoms with Crippen LogP contribution in [0.2, 0.25) is 0 Å². The fourth-order valence-corrected chi connectivity index (χ4v) is 2.88. The molecule has 0 N–H and O–H groups in total. The lowest BCUT2D eigenvalue weighted by Crippen LogP contribution is -2.25. The van der Waals surface area contributed by atoms with Crippen molar-refractivity contribution in [3.8, 4) is 0 Å². The van der Waals surface area contributed by atoms with Crippen LogP contribution in [0, 0.1) is 11.8 Å². The molecule has 0 spiro atoms. The molecule has 0 aromatic rings. The number of hydrogen-bond acceptors (Lipinski definition) is 1. The zero-order valence-electron chi connectivity index (χ0n) is 8.76. The van der Waals surface area contributed by atoms with E-state index in [0.29, 0.717) is 0 Å². The number of rotatable bonds is 4. The molecule has 1 aliphatic carbocycles. The molecule has 78 valence electrons. The van der Waals surface area contributed by atoms with E-state index in [1.54, 1.807) is 0 Å². The lowest BCUT2D eigenvalue weighted by molar-refractivity contribution is 0.121. The highest BCUT2D eigenvalue weighted by molar-refractivity contribution is 9.09. The maximum absolute atomic E-state index is 5.40. The van der Waals surface area contributed by atoms with Gasteiger partial charge >= 0.3 is 0 Å². The first-order valence-corrected chi connectivity index (χ1v) is 6.37. The second kappa shape index (κ2) is 6.02. The number of halogens is 1. The molecule has 0 saturated heterocycles. The lowest BCUT2D eigenvalue weighted by Gasteiger charge is -2.31. The monoisotopic (exact) mass is 248 g/mol. The molecular formula is C11H21BrO. The summed E-state index contributed by atoms with van der Waals surface area (Å²) in [7, 11) is 0. The average molecular weight is 249 g/mol. The Morgan fingerprint density at radius 3 is 2.85 bits per heavy atom. The van der Waals surface area contributed by atoms with E-state index in [4.69, 9.17) is 4.74 Å². The van der Waals surface area contributed by atoms with Crippen LogP contribution < -0.4 is 0 Å². The Morgan fingerprint density at radius 2 is 2.15 bits per heavy atom. The molecule has 0 aromatic carbocycles. The van der Waals surface area contributed by atoms with Crippen LogP contribution >= 0.6 is 15.9 Å². The molecule has 0 aliphatic heterocycles. The third-order valence-electron chi connectivity index (χ3n) is 2.99. The summed E-state index contributed by atoms with van der Waals surface area (Å²) in [6.07, 6.45) is 5.34. The van der Waals surface area contributed by atoms with Crippen LogP contribution in [0.25, 0.3) is 0 Å². The summed E-state index contributed by atoms with van der Waals surface area (Å²) in [6.45, 7) is 6.23. The first-order valence-electron chi connectivity index (χ1n) is 5.45. The fourth-order valence-electron chi connectivity index (χ4n) is 2.14. The molecule has 2 heteroatoms. The fraction of sp³-hybridized carbons (Fsp3) is 1.00. The van der Waals surface area contributed by atoms with Crippen molar-refractivity contribution in [2.45, 2.75) is 44.4 Å². The molecule has 1 fully saturated rings. The quantitative estimate of drug-likeness (QED) is 0.546. The second-order valence-corrected chi connectivity index (χ2v) is 5.36. The first-order chi connectivity index (χ1) is 6.24. The van der Waals surface area contributed by atoms with E-state index in [-0.39, 0.29) is 0 Å². The van der Waals surface area contributed by atoms with Gasteiger partial charge in [0, 0.05) is 18.0 Å². The van der Waals surface area contributed by atoms with E-state index < -0.39 is 0 Å². The van der Waals surface area contributed by atoms with Gasteiger partial charge < -0.3 is 4.74 Å². The molecule has 1 rings (SSSR count). The molecule has 1 nitrogen and oxygen atoms in total. The highest BCUT2D eigenvalue weighted by Crippen LogP contribution is 2.35. The number of alkyl halides is 1. The largest absolute Gasteiger partial charge is 0.382 e. The van der Waals surface area contributed by atoms with Gasteiger partial charge in [0.25, 0.3) is 0 Å². The van der Waals surface area contributed by atoms with Gasteiger partial charge in [0.2, 0.25) is 0 Å². The lowest BCUT2D eigenvalue weighted by atomic mass is 9.81. The molecule has 13 heavy (non-hydrogen) atoms. The Hall–Kier alpha value is 0.440. The zero-order valence-corrected chi connectivity index (χ0v) is 10.3. The minimum atomic E-state index is 0.740. The second-order valence-electron chi connectivity index (χ2n) is 4.18.